The van der Waals surface area contributed by atoms with Crippen molar-refractivity contribution in [2.24, 2.45) is 0 Å². The zero-order valence-corrected chi connectivity index (χ0v) is 26.7. The van der Waals surface area contributed by atoms with E-state index in [9.17, 15) is 11.0 Å². The van der Waals surface area contributed by atoms with Crippen LogP contribution in [0.4, 0.5) is 17.1 Å². The normalized spacial score (nSPS) is 14.0. The molecular formula is C46H29NOS. The van der Waals surface area contributed by atoms with Crippen molar-refractivity contribution < 1.29 is 15.4 Å². The first-order chi connectivity index (χ1) is 27.7. The molecule has 0 aliphatic heterocycles. The molecule has 0 saturated carbocycles. The Kier molecular flexibility index (Phi) is 4.80. The van der Waals surface area contributed by atoms with Gasteiger partial charge in [0.15, 0.2) is 0 Å². The summed E-state index contributed by atoms with van der Waals surface area (Å²) in [4.78, 5) is 1.41. The Balaban J connectivity index is 1.33. The smallest absolute Gasteiger partial charge is 0.137 e. The van der Waals surface area contributed by atoms with Crippen LogP contribution >= 0.6 is 11.3 Å². The van der Waals surface area contributed by atoms with Gasteiger partial charge in [0.25, 0.3) is 0 Å². The van der Waals surface area contributed by atoms with Gasteiger partial charge in [-0.25, -0.2) is 0 Å². The molecule has 0 radical (unpaired) electrons. The zero-order chi connectivity index (χ0) is 39.3. The summed E-state index contributed by atoms with van der Waals surface area (Å²) >= 11 is 1.52. The fourth-order valence-electron chi connectivity index (χ4n) is 6.82. The van der Waals surface area contributed by atoms with E-state index >= 15 is 0 Å². The molecule has 0 aliphatic rings. The topological polar surface area (TPSA) is 16.4 Å². The molecule has 0 aliphatic carbocycles. The first kappa shape index (κ1) is 20.9. The molecule has 230 valence electrons. The Morgan fingerprint density at radius 2 is 1.20 bits per heavy atom. The van der Waals surface area contributed by atoms with Gasteiger partial charge in [-0.05, 0) is 81.5 Å². The summed E-state index contributed by atoms with van der Waals surface area (Å²) < 4.78 is 84.2. The summed E-state index contributed by atoms with van der Waals surface area (Å²) in [5.74, 6) is 0. The Hall–Kier alpha value is -6.16. The number of nitrogens with zero attached hydrogens (tertiary/aromatic N) is 1. The number of furan rings is 1. The van der Waals surface area contributed by atoms with Gasteiger partial charge in [0.1, 0.15) is 11.2 Å². The van der Waals surface area contributed by atoms with Gasteiger partial charge in [0, 0.05) is 36.9 Å². The molecule has 8 aromatic carbocycles. The Bertz CT molecular complexity index is 3280. The maximum absolute atomic E-state index is 9.95. The summed E-state index contributed by atoms with van der Waals surface area (Å²) in [6.45, 7) is 0. The fraction of sp³-hybridized carbons (Fsp3) is 0. The highest BCUT2D eigenvalue weighted by Crippen LogP contribution is 2.45. The van der Waals surface area contributed by atoms with Crippen molar-refractivity contribution in [2.75, 3.05) is 4.90 Å². The van der Waals surface area contributed by atoms with Gasteiger partial charge in [-0.2, -0.15) is 0 Å². The number of rotatable bonds is 5. The average Bonchev–Trinajstić information content (AvgIpc) is 3.81. The van der Waals surface area contributed by atoms with Crippen LogP contribution in [0.2, 0.25) is 0 Å². The number of anilines is 3. The number of benzene rings is 8. The van der Waals surface area contributed by atoms with E-state index in [1.54, 1.807) is 24.3 Å². The van der Waals surface area contributed by atoms with Crippen LogP contribution in [0, 0.1) is 0 Å². The van der Waals surface area contributed by atoms with Crippen LogP contribution in [0.3, 0.4) is 0 Å². The summed E-state index contributed by atoms with van der Waals surface area (Å²) in [5.41, 5.74) is 2.37. The molecule has 2 aromatic heterocycles. The second-order valence-corrected chi connectivity index (χ2v) is 12.9. The lowest BCUT2D eigenvalue weighted by Crippen LogP contribution is -2.10. The number of hydrogen-bond acceptors (Lipinski definition) is 3. The van der Waals surface area contributed by atoms with Gasteiger partial charge >= 0.3 is 0 Å². The van der Waals surface area contributed by atoms with Crippen LogP contribution in [-0.4, -0.2) is 0 Å². The minimum absolute atomic E-state index is 0.120. The van der Waals surface area contributed by atoms with Crippen LogP contribution in [0.15, 0.2) is 180 Å². The van der Waals surface area contributed by atoms with Crippen molar-refractivity contribution in [1.82, 2.24) is 0 Å². The number of para-hydroxylation sites is 1. The molecule has 0 spiro atoms. The van der Waals surface area contributed by atoms with Crippen LogP contribution in [0.25, 0.3) is 75.1 Å². The molecule has 0 bridgehead atoms. The summed E-state index contributed by atoms with van der Waals surface area (Å²) in [5, 5.41) is 4.88. The highest BCUT2D eigenvalue weighted by Gasteiger charge is 2.20. The minimum atomic E-state index is -0.461. The third kappa shape index (κ3) is 4.55. The molecule has 0 N–H and O–H groups in total. The fourth-order valence-corrected chi connectivity index (χ4v) is 8.04. The molecule has 49 heavy (non-hydrogen) atoms. The van der Waals surface area contributed by atoms with Crippen molar-refractivity contribution in [3.8, 4) is 22.3 Å². The third-order valence-electron chi connectivity index (χ3n) is 9.02. The van der Waals surface area contributed by atoms with Crippen molar-refractivity contribution in [2.45, 2.75) is 0 Å². The van der Waals surface area contributed by atoms with Crippen molar-refractivity contribution in [3.05, 3.63) is 176 Å². The SMILES string of the molecule is [2H]c1c([2H])c(-c2cccc3c2sc2ccccc23)c([2H])c(N(c2c([2H])c([2H])c(-c3cccc4ccccc34)c([2H])c2[2H])c2cccc3oc4ccccc4c23)c1[2H]. The van der Waals surface area contributed by atoms with Crippen LogP contribution in [-0.2, 0) is 0 Å². The van der Waals surface area contributed by atoms with Gasteiger partial charge < -0.3 is 9.32 Å². The first-order valence-electron chi connectivity index (χ1n) is 20.0. The van der Waals surface area contributed by atoms with Crippen molar-refractivity contribution >= 4 is 81.3 Å². The number of thiophene rings is 1. The van der Waals surface area contributed by atoms with E-state index in [1.165, 1.54) is 16.2 Å². The molecule has 10 aromatic rings. The molecular weight excluding hydrogens is 615 g/mol. The lowest BCUT2D eigenvalue weighted by atomic mass is 9.98. The van der Waals surface area contributed by atoms with Gasteiger partial charge in [-0.15, -0.1) is 11.3 Å². The molecule has 2 heterocycles. The second-order valence-electron chi connectivity index (χ2n) is 11.8. The molecule has 0 fully saturated rings. The molecule has 0 amide bonds. The van der Waals surface area contributed by atoms with Gasteiger partial charge in [-0.1, -0.05) is 127 Å². The second kappa shape index (κ2) is 11.2. The lowest BCUT2D eigenvalue weighted by Gasteiger charge is -2.27. The van der Waals surface area contributed by atoms with Crippen LogP contribution < -0.4 is 4.90 Å². The minimum Gasteiger partial charge on any atom is -0.456 e. The predicted octanol–water partition coefficient (Wildman–Crippen LogP) is 13.9. The Morgan fingerprint density at radius 3 is 2.12 bits per heavy atom. The van der Waals surface area contributed by atoms with E-state index in [1.807, 2.05) is 103 Å². The average molecular weight is 652 g/mol. The van der Waals surface area contributed by atoms with E-state index in [0.29, 0.717) is 38.8 Å². The Labute approximate surface area is 299 Å². The molecule has 10 rings (SSSR count). The van der Waals surface area contributed by atoms with Gasteiger partial charge in [0.2, 0.25) is 0 Å². The maximum Gasteiger partial charge on any atom is 0.137 e. The number of fused-ring (bicyclic) bond motifs is 7. The highest BCUT2D eigenvalue weighted by atomic mass is 32.1. The monoisotopic (exact) mass is 651 g/mol. The summed E-state index contributed by atoms with van der Waals surface area (Å²) in [6, 6.07) is 36.6. The number of hydrogen-bond donors (Lipinski definition) is 0. The highest BCUT2D eigenvalue weighted by molar-refractivity contribution is 7.26. The summed E-state index contributed by atoms with van der Waals surface area (Å²) in [6.07, 6.45) is 0. The van der Waals surface area contributed by atoms with E-state index < -0.39 is 24.2 Å². The maximum atomic E-state index is 9.95. The van der Waals surface area contributed by atoms with E-state index in [4.69, 9.17) is 4.42 Å². The first-order valence-corrected chi connectivity index (χ1v) is 16.8. The van der Waals surface area contributed by atoms with Gasteiger partial charge in [-0.3, -0.25) is 0 Å². The Morgan fingerprint density at radius 1 is 0.510 bits per heavy atom. The van der Waals surface area contributed by atoms with Crippen molar-refractivity contribution in [3.63, 3.8) is 0 Å². The predicted molar refractivity (Wildman–Crippen MR) is 210 cm³/mol. The summed E-state index contributed by atoms with van der Waals surface area (Å²) in [7, 11) is 0. The van der Waals surface area contributed by atoms with Crippen LogP contribution in [0.1, 0.15) is 11.0 Å². The zero-order valence-electron chi connectivity index (χ0n) is 33.9. The van der Waals surface area contributed by atoms with Gasteiger partial charge in [0.05, 0.1) is 22.0 Å². The van der Waals surface area contributed by atoms with E-state index in [-0.39, 0.29) is 46.7 Å². The molecule has 3 heteroatoms. The molecule has 0 unspecified atom stereocenters. The van der Waals surface area contributed by atoms with E-state index in [0.717, 1.165) is 30.9 Å². The molecule has 0 atom stereocenters. The standard InChI is InChI=1S/C46H29NOS/c1-2-15-35-30(11-1)12-8-18-36(35)31-25-27-33(28-26-31)47(41-21-10-23-43-45(41)40-17-3-5-22-42(40)48-43)34-14-7-13-32(29-34)37-19-9-20-39-38-16-4-6-24-44(38)49-46(37)39/h1-29H/i7D,13D,14D,25D,26D,27D,28D,29D. The third-order valence-corrected chi connectivity index (χ3v) is 10.2. The van der Waals surface area contributed by atoms with Crippen molar-refractivity contribution in [1.29, 1.82) is 0 Å². The molecule has 0 saturated heterocycles. The van der Waals surface area contributed by atoms with Crippen LogP contribution in [0.5, 0.6) is 0 Å². The van der Waals surface area contributed by atoms with E-state index in [2.05, 4.69) is 0 Å². The lowest BCUT2D eigenvalue weighted by molar-refractivity contribution is 0.669. The largest absolute Gasteiger partial charge is 0.456 e. The molecule has 2 nitrogen and oxygen atoms in total. The quantitative estimate of drug-likeness (QED) is 0.184.